The fourth-order valence-corrected chi connectivity index (χ4v) is 5.35. The third-order valence-electron chi connectivity index (χ3n) is 7.20. The number of para-hydroxylation sites is 1. The lowest BCUT2D eigenvalue weighted by Crippen LogP contribution is -2.65. The highest BCUT2D eigenvalue weighted by molar-refractivity contribution is 6.14. The minimum atomic E-state index is -1.02. The Bertz CT molecular complexity index is 1170. The van der Waals surface area contributed by atoms with E-state index in [4.69, 9.17) is 0 Å². The van der Waals surface area contributed by atoms with Gasteiger partial charge in [0, 0.05) is 22.6 Å². The molecule has 2 heterocycles. The molecule has 0 unspecified atom stereocenters. The number of anilines is 1. The van der Waals surface area contributed by atoms with Gasteiger partial charge in [0.15, 0.2) is 0 Å². The van der Waals surface area contributed by atoms with Crippen LogP contribution in [0, 0.1) is 0 Å². The van der Waals surface area contributed by atoms with Crippen LogP contribution in [0.5, 0.6) is 0 Å². The van der Waals surface area contributed by atoms with Gasteiger partial charge in [-0.2, -0.15) is 0 Å². The highest BCUT2D eigenvalue weighted by atomic mass is 16.2. The van der Waals surface area contributed by atoms with Gasteiger partial charge in [-0.1, -0.05) is 56.5 Å². The Hall–Kier alpha value is -3.08. The summed E-state index contributed by atoms with van der Waals surface area (Å²) in [6, 6.07) is 18.2. The van der Waals surface area contributed by atoms with Crippen molar-refractivity contribution in [3.63, 3.8) is 0 Å². The second-order valence-corrected chi connectivity index (χ2v) is 9.42. The zero-order valence-corrected chi connectivity index (χ0v) is 18.9. The Morgan fingerprint density at radius 2 is 1.84 bits per heavy atom. The number of rotatable bonds is 4. The topological polar surface area (TPSA) is 54.3 Å². The summed E-state index contributed by atoms with van der Waals surface area (Å²) in [5.74, 6) is -0.190. The lowest BCUT2D eigenvalue weighted by molar-refractivity contribution is -0.127. The molecule has 0 radical (unpaired) electrons. The van der Waals surface area contributed by atoms with Gasteiger partial charge in [-0.15, -0.1) is 0 Å². The molecule has 2 aromatic carbocycles. The van der Waals surface area contributed by atoms with E-state index in [1.165, 1.54) is 6.42 Å². The van der Waals surface area contributed by atoms with Crippen LogP contribution in [0.4, 0.5) is 5.69 Å². The fourth-order valence-electron chi connectivity index (χ4n) is 5.35. The Morgan fingerprint density at radius 1 is 1.06 bits per heavy atom. The van der Waals surface area contributed by atoms with E-state index in [1.807, 2.05) is 60.0 Å². The van der Waals surface area contributed by atoms with Crippen molar-refractivity contribution in [2.75, 3.05) is 4.90 Å². The van der Waals surface area contributed by atoms with E-state index in [1.54, 1.807) is 4.90 Å². The average molecular weight is 430 g/mol. The molecule has 1 aromatic heterocycles. The number of amides is 2. The molecule has 5 heteroatoms. The van der Waals surface area contributed by atoms with E-state index in [9.17, 15) is 9.59 Å². The van der Waals surface area contributed by atoms with Crippen LogP contribution in [0.15, 0.2) is 54.6 Å². The number of nitrogens with one attached hydrogen (secondary N) is 1. The first-order valence-electron chi connectivity index (χ1n) is 11.8. The third-order valence-corrected chi connectivity index (χ3v) is 7.20. The molecular formula is C27H31N3O2. The van der Waals surface area contributed by atoms with Crippen LogP contribution in [-0.2, 0) is 17.8 Å². The number of fused-ring (bicyclic) bond motifs is 3. The van der Waals surface area contributed by atoms with Gasteiger partial charge < -0.3 is 9.88 Å². The zero-order chi connectivity index (χ0) is 22.3. The number of nitrogens with zero attached hydrogens (tertiary/aromatic N) is 2. The maximum Gasteiger partial charge on any atom is 0.275 e. The molecule has 1 atom stereocenters. The molecule has 5 rings (SSSR count). The van der Waals surface area contributed by atoms with Crippen molar-refractivity contribution >= 4 is 28.4 Å². The molecule has 166 valence electrons. The van der Waals surface area contributed by atoms with Crippen molar-refractivity contribution in [3.05, 3.63) is 65.9 Å². The van der Waals surface area contributed by atoms with Gasteiger partial charge in [0.1, 0.15) is 11.2 Å². The van der Waals surface area contributed by atoms with E-state index in [0.717, 1.165) is 54.3 Å². The smallest absolute Gasteiger partial charge is 0.275 e. The third kappa shape index (κ3) is 3.40. The van der Waals surface area contributed by atoms with Gasteiger partial charge in [-0.05, 0) is 56.0 Å². The first kappa shape index (κ1) is 20.8. The predicted molar refractivity (Wildman–Crippen MR) is 128 cm³/mol. The molecule has 1 aliphatic heterocycles. The average Bonchev–Trinajstić information content (AvgIpc) is 3.18. The highest BCUT2D eigenvalue weighted by Crippen LogP contribution is 2.36. The Labute approximate surface area is 189 Å². The van der Waals surface area contributed by atoms with Crippen LogP contribution in [0.2, 0.25) is 0 Å². The summed E-state index contributed by atoms with van der Waals surface area (Å²) >= 11 is 0. The van der Waals surface area contributed by atoms with Crippen molar-refractivity contribution in [2.24, 2.45) is 0 Å². The second-order valence-electron chi connectivity index (χ2n) is 9.42. The number of aromatic nitrogens is 1. The van der Waals surface area contributed by atoms with Gasteiger partial charge in [0.2, 0.25) is 5.91 Å². The van der Waals surface area contributed by atoms with Gasteiger partial charge in [-0.3, -0.25) is 14.5 Å². The lowest BCUT2D eigenvalue weighted by Gasteiger charge is -2.45. The first-order chi connectivity index (χ1) is 15.5. The number of benzene rings is 2. The van der Waals surface area contributed by atoms with E-state index < -0.39 is 5.54 Å². The van der Waals surface area contributed by atoms with Crippen LogP contribution in [0.1, 0.15) is 62.0 Å². The monoisotopic (exact) mass is 429 g/mol. The number of hydrogen-bond acceptors (Lipinski definition) is 2. The second kappa shape index (κ2) is 8.12. The van der Waals surface area contributed by atoms with Crippen molar-refractivity contribution < 1.29 is 9.59 Å². The van der Waals surface area contributed by atoms with Crippen molar-refractivity contribution in [1.29, 1.82) is 0 Å². The zero-order valence-electron chi connectivity index (χ0n) is 18.9. The molecule has 3 aromatic rings. The molecule has 0 spiro atoms. The summed E-state index contributed by atoms with van der Waals surface area (Å²) < 4.78 is 2.03. The highest BCUT2D eigenvalue weighted by Gasteiger charge is 2.49. The summed E-state index contributed by atoms with van der Waals surface area (Å²) in [6.45, 7) is 4.44. The lowest BCUT2D eigenvalue weighted by atomic mass is 9.90. The Balaban J connectivity index is 1.62. The van der Waals surface area contributed by atoms with E-state index in [0.29, 0.717) is 12.2 Å². The molecule has 5 nitrogen and oxygen atoms in total. The summed E-state index contributed by atoms with van der Waals surface area (Å²) in [6.07, 6.45) is 6.43. The standard InChI is InChI=1S/C27H31N3O2/c1-3-19-10-9-14-22(16-19)30-25(31)24-17-20-11-7-8-15-23(20)29(24)18-27(30,2)26(32)28-21-12-5-4-6-13-21/h7-11,14-17,21H,3-6,12-13,18H2,1-2H3,(H,28,32)/t27-/m1/s1. The normalized spacial score (nSPS) is 21.6. The first-order valence-corrected chi connectivity index (χ1v) is 11.8. The summed E-state index contributed by atoms with van der Waals surface area (Å²) in [5, 5.41) is 4.33. The molecule has 32 heavy (non-hydrogen) atoms. The van der Waals surface area contributed by atoms with Crippen LogP contribution in [0.3, 0.4) is 0 Å². The summed E-state index contributed by atoms with van der Waals surface area (Å²) in [4.78, 5) is 29.5. The molecule has 0 saturated heterocycles. The fraction of sp³-hybridized carbons (Fsp3) is 0.407. The molecule has 0 bridgehead atoms. The maximum atomic E-state index is 13.9. The predicted octanol–water partition coefficient (Wildman–Crippen LogP) is 5.07. The van der Waals surface area contributed by atoms with E-state index in [-0.39, 0.29) is 17.9 Å². The SMILES string of the molecule is CCc1cccc(N2C(=O)c3cc4ccccc4n3C[C@]2(C)C(=O)NC2CCCCC2)c1. The quantitative estimate of drug-likeness (QED) is 0.629. The number of aryl methyl sites for hydroxylation is 1. The van der Waals surface area contributed by atoms with Crippen LogP contribution in [-0.4, -0.2) is 28.0 Å². The van der Waals surface area contributed by atoms with Crippen molar-refractivity contribution in [1.82, 2.24) is 9.88 Å². The van der Waals surface area contributed by atoms with Crippen LogP contribution >= 0.6 is 0 Å². The van der Waals surface area contributed by atoms with Crippen molar-refractivity contribution in [2.45, 2.75) is 70.5 Å². The van der Waals surface area contributed by atoms with Crippen LogP contribution in [0.25, 0.3) is 10.9 Å². The number of hydrogen-bond donors (Lipinski definition) is 1. The van der Waals surface area contributed by atoms with Gasteiger partial charge in [-0.25, -0.2) is 0 Å². The minimum absolute atomic E-state index is 0.0666. The van der Waals surface area contributed by atoms with Crippen LogP contribution < -0.4 is 10.2 Å². The summed E-state index contributed by atoms with van der Waals surface area (Å²) in [5.41, 5.74) is 2.55. The summed E-state index contributed by atoms with van der Waals surface area (Å²) in [7, 11) is 0. The van der Waals surface area contributed by atoms with Crippen molar-refractivity contribution in [3.8, 4) is 0 Å². The molecule has 1 aliphatic carbocycles. The number of carbonyl (C=O) groups is 2. The molecule has 2 aliphatic rings. The van der Waals surface area contributed by atoms with Gasteiger partial charge >= 0.3 is 0 Å². The van der Waals surface area contributed by atoms with Gasteiger partial charge in [0.25, 0.3) is 5.91 Å². The molecule has 2 amide bonds. The molecule has 1 fully saturated rings. The minimum Gasteiger partial charge on any atom is -0.351 e. The van der Waals surface area contributed by atoms with E-state index >= 15 is 0 Å². The van der Waals surface area contributed by atoms with E-state index in [2.05, 4.69) is 18.3 Å². The maximum absolute atomic E-state index is 13.9. The molecular weight excluding hydrogens is 398 g/mol. The number of carbonyl (C=O) groups excluding carboxylic acids is 2. The molecule has 1 N–H and O–H groups in total. The molecule has 1 saturated carbocycles. The Kier molecular flexibility index (Phi) is 5.28. The van der Waals surface area contributed by atoms with Gasteiger partial charge in [0.05, 0.1) is 6.54 Å². The Morgan fingerprint density at radius 3 is 2.62 bits per heavy atom. The largest absolute Gasteiger partial charge is 0.351 e.